The van der Waals surface area contributed by atoms with E-state index in [0.717, 1.165) is 6.07 Å². The number of rotatable bonds is 5. The Hall–Kier alpha value is -1.00. The third-order valence-corrected chi connectivity index (χ3v) is 4.15. The van der Waals surface area contributed by atoms with Crippen molar-refractivity contribution in [1.29, 1.82) is 0 Å². The Kier molecular flexibility index (Phi) is 5.66. The maximum atomic E-state index is 13.8. The molecule has 2 nitrogen and oxygen atoms in total. The second-order valence-corrected chi connectivity index (χ2v) is 6.58. The van der Waals surface area contributed by atoms with Gasteiger partial charge in [0.2, 0.25) is 0 Å². The van der Waals surface area contributed by atoms with Gasteiger partial charge < -0.3 is 10.8 Å². The number of aliphatic hydroxyl groups is 1. The third-order valence-electron chi connectivity index (χ3n) is 4.15. The first-order valence-electron chi connectivity index (χ1n) is 7.00. The summed E-state index contributed by atoms with van der Waals surface area (Å²) in [6, 6.07) is 3.39. The van der Waals surface area contributed by atoms with Crippen molar-refractivity contribution in [2.75, 3.05) is 6.54 Å². The van der Waals surface area contributed by atoms with Crippen molar-refractivity contribution in [3.05, 3.63) is 35.4 Å². The largest absolute Gasteiger partial charge is 0.392 e. The van der Waals surface area contributed by atoms with Crippen molar-refractivity contribution in [2.45, 2.75) is 46.1 Å². The van der Waals surface area contributed by atoms with Crippen LogP contribution in [0.3, 0.4) is 0 Å². The van der Waals surface area contributed by atoms with Crippen molar-refractivity contribution in [3.8, 4) is 0 Å². The van der Waals surface area contributed by atoms with Gasteiger partial charge in [-0.2, -0.15) is 0 Å². The zero-order valence-corrected chi connectivity index (χ0v) is 12.7. The molecule has 1 rings (SSSR count). The van der Waals surface area contributed by atoms with Crippen molar-refractivity contribution < 1.29 is 13.9 Å². The highest BCUT2D eigenvalue weighted by molar-refractivity contribution is 5.24. The number of halogens is 2. The molecule has 3 atom stereocenters. The van der Waals surface area contributed by atoms with E-state index < -0.39 is 23.7 Å². The highest BCUT2D eigenvalue weighted by atomic mass is 19.1. The van der Waals surface area contributed by atoms with Crippen molar-refractivity contribution in [2.24, 2.45) is 17.1 Å². The number of nitrogens with two attached hydrogens (primary N) is 1. The lowest BCUT2D eigenvalue weighted by atomic mass is 9.76. The van der Waals surface area contributed by atoms with Crippen LogP contribution >= 0.6 is 0 Å². The van der Waals surface area contributed by atoms with E-state index in [1.807, 2.05) is 0 Å². The molecule has 3 unspecified atom stereocenters. The van der Waals surface area contributed by atoms with Crippen LogP contribution in [0.5, 0.6) is 0 Å². The fourth-order valence-corrected chi connectivity index (χ4v) is 2.17. The molecule has 114 valence electrons. The minimum absolute atomic E-state index is 0.0570. The van der Waals surface area contributed by atoms with E-state index in [2.05, 4.69) is 27.7 Å². The van der Waals surface area contributed by atoms with Gasteiger partial charge in [0.05, 0.1) is 6.10 Å². The van der Waals surface area contributed by atoms with E-state index in [-0.39, 0.29) is 23.4 Å². The zero-order valence-electron chi connectivity index (χ0n) is 12.7. The van der Waals surface area contributed by atoms with Crippen molar-refractivity contribution in [3.63, 3.8) is 0 Å². The highest BCUT2D eigenvalue weighted by Crippen LogP contribution is 2.33. The van der Waals surface area contributed by atoms with Gasteiger partial charge in [0.15, 0.2) is 0 Å². The van der Waals surface area contributed by atoms with Gasteiger partial charge >= 0.3 is 0 Å². The first kappa shape index (κ1) is 17.1. The van der Waals surface area contributed by atoms with Crippen LogP contribution < -0.4 is 5.73 Å². The fraction of sp³-hybridized carbons (Fsp3) is 0.625. The van der Waals surface area contributed by atoms with Crippen molar-refractivity contribution >= 4 is 0 Å². The first-order chi connectivity index (χ1) is 9.16. The van der Waals surface area contributed by atoms with Crippen LogP contribution in [0.25, 0.3) is 0 Å². The highest BCUT2D eigenvalue weighted by Gasteiger charge is 2.28. The van der Waals surface area contributed by atoms with Crippen LogP contribution in [-0.4, -0.2) is 17.8 Å². The molecule has 0 aliphatic heterocycles. The Bertz CT molecular complexity index is 443. The third kappa shape index (κ3) is 4.25. The quantitative estimate of drug-likeness (QED) is 0.870. The number of benzene rings is 1. The predicted molar refractivity (Wildman–Crippen MR) is 77.4 cm³/mol. The molecule has 0 fully saturated rings. The normalized spacial score (nSPS) is 16.8. The van der Waals surface area contributed by atoms with E-state index in [1.54, 1.807) is 0 Å². The summed E-state index contributed by atoms with van der Waals surface area (Å²) in [6.07, 6.45) is -0.212. The molecule has 1 aromatic carbocycles. The lowest BCUT2D eigenvalue weighted by molar-refractivity contribution is 0.0884. The second kappa shape index (κ2) is 6.64. The van der Waals surface area contributed by atoms with Gasteiger partial charge in [-0.3, -0.25) is 0 Å². The lowest BCUT2D eigenvalue weighted by Crippen LogP contribution is -2.31. The number of aliphatic hydroxyl groups excluding tert-OH is 1. The van der Waals surface area contributed by atoms with Gasteiger partial charge in [-0.15, -0.1) is 0 Å². The Morgan fingerprint density at radius 1 is 1.25 bits per heavy atom. The molecule has 0 saturated carbocycles. The molecule has 0 heterocycles. The van der Waals surface area contributed by atoms with Gasteiger partial charge in [0.1, 0.15) is 11.6 Å². The molecule has 0 radical (unpaired) electrons. The molecule has 0 bridgehead atoms. The van der Waals surface area contributed by atoms with Crippen LogP contribution in [0.15, 0.2) is 18.2 Å². The molecule has 20 heavy (non-hydrogen) atoms. The Morgan fingerprint density at radius 2 is 1.85 bits per heavy atom. The summed E-state index contributed by atoms with van der Waals surface area (Å²) in [4.78, 5) is 0. The Balaban J connectivity index is 2.90. The van der Waals surface area contributed by atoms with Gasteiger partial charge in [-0.25, -0.2) is 8.78 Å². The zero-order chi connectivity index (χ0) is 15.5. The van der Waals surface area contributed by atoms with Gasteiger partial charge in [0.25, 0.3) is 0 Å². The molecular weight excluding hydrogens is 260 g/mol. The maximum Gasteiger partial charge on any atom is 0.129 e. The SMILES string of the molecule is CC(CC(O)C(CN)c1ccc(F)cc1F)C(C)(C)C. The Morgan fingerprint density at radius 3 is 2.30 bits per heavy atom. The van der Waals surface area contributed by atoms with Gasteiger partial charge in [-0.1, -0.05) is 33.8 Å². The molecule has 3 N–H and O–H groups in total. The standard InChI is InChI=1S/C16H25F2NO/c1-10(16(2,3)4)7-15(20)13(9-19)12-6-5-11(17)8-14(12)18/h5-6,8,10,13,15,20H,7,9,19H2,1-4H3. The lowest BCUT2D eigenvalue weighted by Gasteiger charge is -2.32. The summed E-state index contributed by atoms with van der Waals surface area (Å²) < 4.78 is 26.8. The molecule has 0 spiro atoms. The van der Waals surface area contributed by atoms with E-state index in [0.29, 0.717) is 6.42 Å². The average molecular weight is 285 g/mol. The van der Waals surface area contributed by atoms with Crippen LogP contribution in [0.4, 0.5) is 8.78 Å². The van der Waals surface area contributed by atoms with E-state index in [4.69, 9.17) is 5.73 Å². The summed E-state index contributed by atoms with van der Waals surface area (Å²) in [6.45, 7) is 8.47. The molecular formula is C16H25F2NO. The minimum Gasteiger partial charge on any atom is -0.392 e. The van der Waals surface area contributed by atoms with E-state index in [9.17, 15) is 13.9 Å². The van der Waals surface area contributed by atoms with Gasteiger partial charge in [0, 0.05) is 18.5 Å². The number of hydrogen-bond donors (Lipinski definition) is 2. The summed E-state index contributed by atoms with van der Waals surface area (Å²) in [5, 5.41) is 10.3. The van der Waals surface area contributed by atoms with Crippen LogP contribution in [0.2, 0.25) is 0 Å². The molecule has 4 heteroatoms. The topological polar surface area (TPSA) is 46.2 Å². The summed E-state index contributed by atoms with van der Waals surface area (Å²) >= 11 is 0. The van der Waals surface area contributed by atoms with Gasteiger partial charge in [-0.05, 0) is 29.4 Å². The van der Waals surface area contributed by atoms with E-state index in [1.165, 1.54) is 12.1 Å². The molecule has 0 aliphatic carbocycles. The average Bonchev–Trinajstić information content (AvgIpc) is 2.31. The van der Waals surface area contributed by atoms with E-state index >= 15 is 0 Å². The molecule has 0 aliphatic rings. The molecule has 1 aromatic rings. The number of hydrogen-bond acceptors (Lipinski definition) is 2. The fourth-order valence-electron chi connectivity index (χ4n) is 2.17. The van der Waals surface area contributed by atoms with Crippen molar-refractivity contribution in [1.82, 2.24) is 0 Å². The monoisotopic (exact) mass is 285 g/mol. The first-order valence-corrected chi connectivity index (χ1v) is 7.00. The summed E-state index contributed by atoms with van der Waals surface area (Å²) in [5.41, 5.74) is 6.01. The molecule has 0 amide bonds. The summed E-state index contributed by atoms with van der Waals surface area (Å²) in [7, 11) is 0. The predicted octanol–water partition coefficient (Wildman–Crippen LogP) is 3.44. The van der Waals surface area contributed by atoms with Crippen LogP contribution in [-0.2, 0) is 0 Å². The Labute approximate surface area is 120 Å². The van der Waals surface area contributed by atoms with Crippen LogP contribution in [0, 0.1) is 23.0 Å². The molecule has 0 saturated heterocycles. The minimum atomic E-state index is -0.741. The molecule has 0 aromatic heterocycles. The second-order valence-electron chi connectivity index (χ2n) is 6.58. The summed E-state index contributed by atoms with van der Waals surface area (Å²) in [5.74, 6) is -1.53. The van der Waals surface area contributed by atoms with Crippen LogP contribution in [0.1, 0.15) is 45.6 Å². The smallest absolute Gasteiger partial charge is 0.129 e. The maximum absolute atomic E-state index is 13.8.